The van der Waals surface area contributed by atoms with E-state index in [0.29, 0.717) is 28.7 Å². The minimum atomic E-state index is -0.548. The molecule has 124 valence electrons. The smallest absolute Gasteiger partial charge is 0.249 e. The van der Waals surface area contributed by atoms with E-state index in [4.69, 9.17) is 11.0 Å². The lowest BCUT2D eigenvalue weighted by molar-refractivity contribution is 0.0999. The Morgan fingerprint density at radius 2 is 1.62 bits per heavy atom. The van der Waals surface area contributed by atoms with E-state index in [9.17, 15) is 10.1 Å². The molecule has 0 unspecified atom stereocenters. The molecule has 0 heterocycles. The van der Waals surface area contributed by atoms with Gasteiger partial charge in [-0.1, -0.05) is 42.5 Å². The maximum absolute atomic E-state index is 11.8. The van der Waals surface area contributed by atoms with Gasteiger partial charge in [0.25, 0.3) is 0 Å². The van der Waals surface area contributed by atoms with Gasteiger partial charge in [0.15, 0.2) is 0 Å². The third-order valence-electron chi connectivity index (χ3n) is 4.27. The molecule has 26 heavy (non-hydrogen) atoms. The van der Waals surface area contributed by atoms with Crippen LogP contribution in [0.3, 0.4) is 0 Å². The molecule has 0 bridgehead atoms. The van der Waals surface area contributed by atoms with Gasteiger partial charge in [0, 0.05) is 12.0 Å². The van der Waals surface area contributed by atoms with Gasteiger partial charge in [0.2, 0.25) is 5.91 Å². The van der Waals surface area contributed by atoms with Crippen LogP contribution >= 0.6 is 0 Å². The molecule has 3 aromatic rings. The lowest BCUT2D eigenvalue weighted by atomic mass is 9.90. The average molecular weight is 337 g/mol. The summed E-state index contributed by atoms with van der Waals surface area (Å²) in [6.45, 7) is 0. The van der Waals surface area contributed by atoms with Crippen LogP contribution in [-0.4, -0.2) is 5.91 Å². The molecule has 2 N–H and O–H groups in total. The Labute approximate surface area is 151 Å². The van der Waals surface area contributed by atoms with Crippen LogP contribution in [0.2, 0.25) is 0 Å². The third kappa shape index (κ3) is 3.31. The van der Waals surface area contributed by atoms with Crippen molar-refractivity contribution in [2.75, 3.05) is 0 Å². The molecule has 3 aromatic carbocycles. The fourth-order valence-corrected chi connectivity index (χ4v) is 2.98. The minimum absolute atomic E-state index is 0.360. The number of nitrogens with two attached hydrogens (primary N) is 1. The van der Waals surface area contributed by atoms with Gasteiger partial charge < -0.3 is 5.73 Å². The molecule has 0 saturated carbocycles. The normalized spacial score (nSPS) is 9.92. The predicted octanol–water partition coefficient (Wildman–Crippen LogP) is 3.79. The van der Waals surface area contributed by atoms with Gasteiger partial charge in [-0.25, -0.2) is 0 Å². The molecule has 3 rings (SSSR count). The third-order valence-corrected chi connectivity index (χ3v) is 4.27. The number of primary amides is 1. The molecule has 0 aromatic heterocycles. The van der Waals surface area contributed by atoms with E-state index < -0.39 is 5.91 Å². The van der Waals surface area contributed by atoms with Crippen LogP contribution < -0.4 is 5.73 Å². The number of rotatable bonds is 4. The summed E-state index contributed by atoms with van der Waals surface area (Å²) in [5.41, 5.74) is 10.4. The van der Waals surface area contributed by atoms with Crippen molar-refractivity contribution < 1.29 is 4.79 Å². The number of hydrogen-bond acceptors (Lipinski definition) is 3. The molecule has 4 heteroatoms. The van der Waals surface area contributed by atoms with Crippen molar-refractivity contribution in [3.63, 3.8) is 0 Å². The first-order valence-electron chi connectivity index (χ1n) is 8.04. The predicted molar refractivity (Wildman–Crippen MR) is 99.1 cm³/mol. The molecule has 0 aliphatic rings. The Hall–Kier alpha value is -3.89. The van der Waals surface area contributed by atoms with Gasteiger partial charge in [-0.2, -0.15) is 10.5 Å². The van der Waals surface area contributed by atoms with E-state index in [1.54, 1.807) is 30.3 Å². The highest BCUT2D eigenvalue weighted by atomic mass is 16.1. The summed E-state index contributed by atoms with van der Waals surface area (Å²) < 4.78 is 0. The zero-order valence-corrected chi connectivity index (χ0v) is 13.9. The van der Waals surface area contributed by atoms with Crippen LogP contribution in [-0.2, 0) is 6.42 Å². The van der Waals surface area contributed by atoms with Crippen molar-refractivity contribution >= 4 is 5.91 Å². The van der Waals surface area contributed by atoms with Gasteiger partial charge in [-0.05, 0) is 46.5 Å². The zero-order valence-electron chi connectivity index (χ0n) is 13.9. The quantitative estimate of drug-likeness (QED) is 0.785. The van der Waals surface area contributed by atoms with Crippen molar-refractivity contribution in [1.82, 2.24) is 0 Å². The van der Waals surface area contributed by atoms with Gasteiger partial charge in [-0.3, -0.25) is 4.79 Å². The second kappa shape index (κ2) is 7.34. The summed E-state index contributed by atoms with van der Waals surface area (Å²) in [5, 5.41) is 18.4. The highest BCUT2D eigenvalue weighted by Gasteiger charge is 2.15. The summed E-state index contributed by atoms with van der Waals surface area (Å²) in [5.74, 6) is -0.548. The maximum Gasteiger partial charge on any atom is 0.249 e. The SMILES string of the molecule is N#Cc1ccc(-c2ccccc2Cc2c(C#N)cccc2C(N)=O)cc1. The van der Waals surface area contributed by atoms with Crippen LogP contribution in [0.4, 0.5) is 0 Å². The van der Waals surface area contributed by atoms with Gasteiger partial charge in [0.1, 0.15) is 0 Å². The zero-order chi connectivity index (χ0) is 18.5. The highest BCUT2D eigenvalue weighted by molar-refractivity contribution is 5.95. The van der Waals surface area contributed by atoms with E-state index in [1.807, 2.05) is 36.4 Å². The number of nitriles is 2. The molecule has 0 aliphatic carbocycles. The summed E-state index contributed by atoms with van der Waals surface area (Å²) in [6.07, 6.45) is 0.415. The molecular formula is C22H15N3O. The van der Waals surface area contributed by atoms with Crippen molar-refractivity contribution in [2.24, 2.45) is 5.73 Å². The Morgan fingerprint density at radius 3 is 2.27 bits per heavy atom. The summed E-state index contributed by atoms with van der Waals surface area (Å²) >= 11 is 0. The molecule has 0 fully saturated rings. The van der Waals surface area contributed by atoms with Crippen molar-refractivity contribution in [3.8, 4) is 23.3 Å². The monoisotopic (exact) mass is 337 g/mol. The molecule has 0 atom stereocenters. The Morgan fingerprint density at radius 1 is 0.885 bits per heavy atom. The number of carbonyl (C=O) groups excluding carboxylic acids is 1. The first-order valence-corrected chi connectivity index (χ1v) is 8.04. The topological polar surface area (TPSA) is 90.7 Å². The van der Waals surface area contributed by atoms with Crippen LogP contribution in [0.15, 0.2) is 66.7 Å². The summed E-state index contributed by atoms with van der Waals surface area (Å²) in [6, 6.07) is 24.4. The van der Waals surface area contributed by atoms with Gasteiger partial charge in [0.05, 0.1) is 23.3 Å². The fourth-order valence-electron chi connectivity index (χ4n) is 2.98. The number of benzene rings is 3. The second-order valence-corrected chi connectivity index (χ2v) is 5.83. The van der Waals surface area contributed by atoms with E-state index in [2.05, 4.69) is 12.1 Å². The first kappa shape index (κ1) is 17.0. The number of carbonyl (C=O) groups is 1. The maximum atomic E-state index is 11.8. The Kier molecular flexibility index (Phi) is 4.78. The molecule has 0 aliphatic heterocycles. The average Bonchev–Trinajstić information content (AvgIpc) is 2.68. The van der Waals surface area contributed by atoms with Crippen LogP contribution in [0.25, 0.3) is 11.1 Å². The molecule has 0 saturated heterocycles. The van der Waals surface area contributed by atoms with Crippen molar-refractivity contribution in [2.45, 2.75) is 6.42 Å². The number of amides is 1. The van der Waals surface area contributed by atoms with Crippen molar-refractivity contribution in [1.29, 1.82) is 10.5 Å². The largest absolute Gasteiger partial charge is 0.366 e. The van der Waals surface area contributed by atoms with Gasteiger partial charge >= 0.3 is 0 Å². The lowest BCUT2D eigenvalue weighted by Crippen LogP contribution is -2.15. The lowest BCUT2D eigenvalue weighted by Gasteiger charge is -2.13. The molecular weight excluding hydrogens is 322 g/mol. The van der Waals surface area contributed by atoms with Crippen LogP contribution in [0.5, 0.6) is 0 Å². The van der Waals surface area contributed by atoms with Crippen molar-refractivity contribution in [3.05, 3.63) is 94.5 Å². The Balaban J connectivity index is 2.09. The standard InChI is InChI=1S/C22H15N3O/c23-13-15-8-10-16(11-9-15)19-6-2-1-4-17(19)12-21-18(14-24)5-3-7-20(21)22(25)26/h1-11H,12H2,(H2,25,26). The molecule has 1 amide bonds. The van der Waals surface area contributed by atoms with E-state index in [-0.39, 0.29) is 0 Å². The van der Waals surface area contributed by atoms with Crippen LogP contribution in [0.1, 0.15) is 32.6 Å². The number of hydrogen-bond donors (Lipinski definition) is 1. The van der Waals surface area contributed by atoms with Gasteiger partial charge in [-0.15, -0.1) is 0 Å². The minimum Gasteiger partial charge on any atom is -0.366 e. The highest BCUT2D eigenvalue weighted by Crippen LogP contribution is 2.28. The second-order valence-electron chi connectivity index (χ2n) is 5.83. The molecule has 0 spiro atoms. The molecule has 0 radical (unpaired) electrons. The van der Waals surface area contributed by atoms with E-state index >= 15 is 0 Å². The number of nitrogens with zero attached hydrogens (tertiary/aromatic N) is 2. The Bertz CT molecular complexity index is 1050. The summed E-state index contributed by atoms with van der Waals surface area (Å²) in [7, 11) is 0. The van der Waals surface area contributed by atoms with E-state index in [1.165, 1.54) is 0 Å². The fraction of sp³-hybridized carbons (Fsp3) is 0.0455. The summed E-state index contributed by atoms with van der Waals surface area (Å²) in [4.78, 5) is 11.8. The first-order chi connectivity index (χ1) is 12.6. The molecule has 4 nitrogen and oxygen atoms in total. The van der Waals surface area contributed by atoms with E-state index in [0.717, 1.165) is 16.7 Å². The van der Waals surface area contributed by atoms with Crippen LogP contribution in [0, 0.1) is 22.7 Å².